The molecule has 0 unspecified atom stereocenters. The third-order valence-corrected chi connectivity index (χ3v) is 4.26. The van der Waals surface area contributed by atoms with E-state index in [1.165, 1.54) is 5.56 Å². The lowest BCUT2D eigenvalue weighted by Crippen LogP contribution is -2.27. The van der Waals surface area contributed by atoms with Crippen LogP contribution in [0.15, 0.2) is 30.6 Å². The van der Waals surface area contributed by atoms with Gasteiger partial charge in [0.15, 0.2) is 0 Å². The molecule has 0 saturated carbocycles. The lowest BCUT2D eigenvalue weighted by molar-refractivity contribution is 0.0792. The molecule has 0 fully saturated rings. The highest BCUT2D eigenvalue weighted by Gasteiger charge is 2.14. The van der Waals surface area contributed by atoms with E-state index >= 15 is 0 Å². The van der Waals surface area contributed by atoms with Gasteiger partial charge < -0.3 is 10.2 Å². The first-order valence-corrected chi connectivity index (χ1v) is 8.88. The summed E-state index contributed by atoms with van der Waals surface area (Å²) in [6.45, 7) is 9.24. The fourth-order valence-electron chi connectivity index (χ4n) is 2.67. The summed E-state index contributed by atoms with van der Waals surface area (Å²) < 4.78 is 0. The second-order valence-electron chi connectivity index (χ2n) is 6.69. The summed E-state index contributed by atoms with van der Waals surface area (Å²) in [6, 6.07) is 6.24. The Kier molecular flexibility index (Phi) is 6.51. The molecule has 0 bridgehead atoms. The van der Waals surface area contributed by atoms with Crippen LogP contribution < -0.4 is 5.32 Å². The maximum atomic E-state index is 12.3. The van der Waals surface area contributed by atoms with E-state index in [1.807, 2.05) is 7.05 Å². The van der Waals surface area contributed by atoms with Crippen molar-refractivity contribution in [2.24, 2.45) is 0 Å². The van der Waals surface area contributed by atoms with E-state index in [9.17, 15) is 4.79 Å². The Labute approximate surface area is 150 Å². The Hall–Kier alpha value is -2.43. The summed E-state index contributed by atoms with van der Waals surface area (Å²) in [5.41, 5.74) is 3.92. The van der Waals surface area contributed by atoms with E-state index in [2.05, 4.69) is 61.2 Å². The predicted octanol–water partition coefficient (Wildman–Crippen LogP) is 4.52. The van der Waals surface area contributed by atoms with Crippen molar-refractivity contribution in [2.75, 3.05) is 18.9 Å². The Morgan fingerprint density at radius 1 is 1.24 bits per heavy atom. The van der Waals surface area contributed by atoms with Crippen LogP contribution in [0.2, 0.25) is 0 Å². The van der Waals surface area contributed by atoms with Crippen LogP contribution in [0.3, 0.4) is 0 Å². The topological polar surface area (TPSA) is 58.1 Å². The largest absolute Gasteiger partial charge is 0.342 e. The number of hydrogen-bond donors (Lipinski definition) is 1. The van der Waals surface area contributed by atoms with E-state index in [1.54, 1.807) is 17.3 Å². The molecule has 5 nitrogen and oxygen atoms in total. The summed E-state index contributed by atoms with van der Waals surface area (Å²) in [5.74, 6) is 0.859. The van der Waals surface area contributed by atoms with E-state index in [4.69, 9.17) is 0 Å². The molecule has 1 heterocycles. The SMILES string of the molecule is CCCCN(C)C(=O)c1cnc(Nc2c(C)cccc2C(C)C)nc1. The normalized spacial score (nSPS) is 10.8. The molecule has 0 spiro atoms. The van der Waals surface area contributed by atoms with Crippen molar-refractivity contribution in [3.63, 3.8) is 0 Å². The molecule has 0 aliphatic carbocycles. The molecule has 0 aliphatic heterocycles. The Morgan fingerprint density at radius 3 is 2.52 bits per heavy atom. The van der Waals surface area contributed by atoms with E-state index < -0.39 is 0 Å². The van der Waals surface area contributed by atoms with Crippen LogP contribution in [0, 0.1) is 6.92 Å². The van der Waals surface area contributed by atoms with Crippen LogP contribution in [-0.2, 0) is 0 Å². The van der Waals surface area contributed by atoms with Gasteiger partial charge in [-0.2, -0.15) is 0 Å². The van der Waals surface area contributed by atoms with Gasteiger partial charge in [-0.1, -0.05) is 45.4 Å². The van der Waals surface area contributed by atoms with Gasteiger partial charge in [0.25, 0.3) is 5.91 Å². The number of hydrogen-bond acceptors (Lipinski definition) is 4. The van der Waals surface area contributed by atoms with Crippen molar-refractivity contribution >= 4 is 17.5 Å². The molecular weight excluding hydrogens is 312 g/mol. The van der Waals surface area contributed by atoms with E-state index in [0.717, 1.165) is 30.6 Å². The maximum Gasteiger partial charge on any atom is 0.256 e. The average Bonchev–Trinajstić information content (AvgIpc) is 2.61. The minimum absolute atomic E-state index is 0.0428. The van der Waals surface area contributed by atoms with Gasteiger partial charge in [0.05, 0.1) is 5.56 Å². The molecule has 0 aliphatic rings. The third-order valence-electron chi connectivity index (χ3n) is 4.26. The van der Waals surface area contributed by atoms with Crippen molar-refractivity contribution in [3.8, 4) is 0 Å². The molecule has 0 atom stereocenters. The number of nitrogens with zero attached hydrogens (tertiary/aromatic N) is 3. The maximum absolute atomic E-state index is 12.3. The van der Waals surface area contributed by atoms with Gasteiger partial charge in [-0.3, -0.25) is 4.79 Å². The van der Waals surface area contributed by atoms with Gasteiger partial charge in [0.2, 0.25) is 5.95 Å². The lowest BCUT2D eigenvalue weighted by atomic mass is 9.98. The number of carbonyl (C=O) groups excluding carboxylic acids is 1. The first-order valence-electron chi connectivity index (χ1n) is 8.88. The van der Waals surface area contributed by atoms with Gasteiger partial charge in [0, 0.05) is 31.7 Å². The molecule has 5 heteroatoms. The fourth-order valence-corrected chi connectivity index (χ4v) is 2.67. The van der Waals surface area contributed by atoms with Crippen LogP contribution in [0.5, 0.6) is 0 Å². The molecule has 1 aromatic carbocycles. The number of anilines is 2. The third kappa shape index (κ3) is 4.78. The van der Waals surface area contributed by atoms with Crippen LogP contribution in [-0.4, -0.2) is 34.4 Å². The zero-order chi connectivity index (χ0) is 18.4. The van der Waals surface area contributed by atoms with Gasteiger partial charge in [-0.15, -0.1) is 0 Å². The summed E-state index contributed by atoms with van der Waals surface area (Å²) in [5, 5.41) is 3.30. The first-order chi connectivity index (χ1) is 11.9. The number of carbonyl (C=O) groups is 1. The molecule has 1 aromatic heterocycles. The molecule has 2 aromatic rings. The van der Waals surface area contributed by atoms with Crippen molar-refractivity contribution < 1.29 is 4.79 Å². The average molecular weight is 340 g/mol. The second kappa shape index (κ2) is 8.60. The Morgan fingerprint density at radius 2 is 1.92 bits per heavy atom. The highest BCUT2D eigenvalue weighted by Crippen LogP contribution is 2.29. The predicted molar refractivity (Wildman–Crippen MR) is 102 cm³/mol. The number of amides is 1. The van der Waals surface area contributed by atoms with Crippen molar-refractivity contribution in [1.29, 1.82) is 0 Å². The molecule has 25 heavy (non-hydrogen) atoms. The first kappa shape index (κ1) is 18.9. The van der Waals surface area contributed by atoms with Gasteiger partial charge >= 0.3 is 0 Å². The van der Waals surface area contributed by atoms with Crippen LogP contribution in [0.25, 0.3) is 0 Å². The number of unbranched alkanes of at least 4 members (excludes halogenated alkanes) is 1. The van der Waals surface area contributed by atoms with E-state index in [0.29, 0.717) is 17.4 Å². The van der Waals surface area contributed by atoms with Crippen LogP contribution >= 0.6 is 0 Å². The van der Waals surface area contributed by atoms with E-state index in [-0.39, 0.29) is 5.91 Å². The molecule has 2 rings (SSSR count). The fraction of sp³-hybridized carbons (Fsp3) is 0.450. The molecule has 1 amide bonds. The molecular formula is C20H28N4O. The lowest BCUT2D eigenvalue weighted by Gasteiger charge is -2.17. The van der Waals surface area contributed by atoms with Crippen molar-refractivity contribution in [3.05, 3.63) is 47.3 Å². The number of aryl methyl sites for hydroxylation is 1. The monoisotopic (exact) mass is 340 g/mol. The minimum Gasteiger partial charge on any atom is -0.342 e. The van der Waals surface area contributed by atoms with Gasteiger partial charge in [-0.05, 0) is 30.4 Å². The number of benzene rings is 1. The smallest absolute Gasteiger partial charge is 0.256 e. The zero-order valence-corrected chi connectivity index (χ0v) is 15.8. The van der Waals surface area contributed by atoms with Crippen LogP contribution in [0.4, 0.5) is 11.6 Å². The summed E-state index contributed by atoms with van der Waals surface area (Å²) in [6.07, 6.45) is 5.24. The molecule has 0 saturated heterocycles. The molecule has 0 radical (unpaired) electrons. The number of para-hydroxylation sites is 1. The van der Waals surface area contributed by atoms with Crippen molar-refractivity contribution in [2.45, 2.75) is 46.5 Å². The quantitative estimate of drug-likeness (QED) is 0.805. The molecule has 1 N–H and O–H groups in total. The Bertz CT molecular complexity index is 710. The minimum atomic E-state index is -0.0428. The number of rotatable bonds is 7. The number of nitrogens with one attached hydrogen (secondary N) is 1. The van der Waals surface area contributed by atoms with Crippen molar-refractivity contribution in [1.82, 2.24) is 14.9 Å². The summed E-state index contributed by atoms with van der Waals surface area (Å²) in [4.78, 5) is 22.7. The second-order valence-corrected chi connectivity index (χ2v) is 6.69. The summed E-state index contributed by atoms with van der Waals surface area (Å²) >= 11 is 0. The highest BCUT2D eigenvalue weighted by atomic mass is 16.2. The Balaban J connectivity index is 2.15. The van der Waals surface area contributed by atoms with Gasteiger partial charge in [0.1, 0.15) is 0 Å². The molecule has 134 valence electrons. The van der Waals surface area contributed by atoms with Crippen LogP contribution in [0.1, 0.15) is 61.0 Å². The zero-order valence-electron chi connectivity index (χ0n) is 15.8. The standard InChI is InChI=1S/C20H28N4O/c1-6-7-11-24(5)19(25)16-12-21-20(22-13-16)23-18-15(4)9-8-10-17(18)14(2)3/h8-10,12-14H,6-7,11H2,1-5H3,(H,21,22,23). The van der Waals surface area contributed by atoms with Gasteiger partial charge in [-0.25, -0.2) is 9.97 Å². The summed E-state index contributed by atoms with van der Waals surface area (Å²) in [7, 11) is 1.81. The highest BCUT2D eigenvalue weighted by molar-refractivity contribution is 5.93. The number of aromatic nitrogens is 2.